The molecule has 18 heavy (non-hydrogen) atoms. The van der Waals surface area contributed by atoms with Crippen LogP contribution < -0.4 is 5.73 Å². The SMILES string of the molecule is CCC(C)(N)C(=O)N(C)Cc1ccc(C#N)cc1. The predicted molar refractivity (Wildman–Crippen MR) is 70.5 cm³/mol. The van der Waals surface area contributed by atoms with Crippen molar-refractivity contribution in [3.63, 3.8) is 0 Å². The van der Waals surface area contributed by atoms with E-state index in [9.17, 15) is 4.79 Å². The minimum absolute atomic E-state index is 0.0747. The predicted octanol–water partition coefficient (Wildman–Crippen LogP) is 1.64. The van der Waals surface area contributed by atoms with Gasteiger partial charge < -0.3 is 10.6 Å². The number of hydrogen-bond acceptors (Lipinski definition) is 3. The van der Waals surface area contributed by atoms with Gasteiger partial charge in [0.05, 0.1) is 17.2 Å². The second kappa shape index (κ2) is 5.65. The summed E-state index contributed by atoms with van der Waals surface area (Å²) in [7, 11) is 1.74. The maximum absolute atomic E-state index is 12.1. The molecule has 1 amide bonds. The van der Waals surface area contributed by atoms with E-state index in [1.807, 2.05) is 19.1 Å². The average Bonchev–Trinajstić information content (AvgIpc) is 2.38. The first-order chi connectivity index (χ1) is 8.40. The van der Waals surface area contributed by atoms with Gasteiger partial charge in [-0.25, -0.2) is 0 Å². The Labute approximate surface area is 108 Å². The molecule has 0 saturated heterocycles. The van der Waals surface area contributed by atoms with Crippen molar-refractivity contribution in [2.24, 2.45) is 5.73 Å². The number of hydrogen-bond donors (Lipinski definition) is 1. The number of benzene rings is 1. The summed E-state index contributed by atoms with van der Waals surface area (Å²) in [5, 5.41) is 8.71. The number of nitrogens with two attached hydrogens (primary N) is 1. The lowest BCUT2D eigenvalue weighted by Gasteiger charge is -2.28. The second-order valence-electron chi connectivity index (χ2n) is 4.74. The van der Waals surface area contributed by atoms with Crippen LogP contribution in [0.1, 0.15) is 31.4 Å². The van der Waals surface area contributed by atoms with Crippen molar-refractivity contribution in [1.29, 1.82) is 5.26 Å². The summed E-state index contributed by atoms with van der Waals surface area (Å²) in [5.41, 5.74) is 6.71. The molecule has 0 aromatic heterocycles. The minimum Gasteiger partial charge on any atom is -0.340 e. The molecular formula is C14H19N3O. The third-order valence-corrected chi connectivity index (χ3v) is 3.07. The van der Waals surface area contributed by atoms with E-state index in [0.29, 0.717) is 18.5 Å². The first-order valence-electron chi connectivity index (χ1n) is 5.94. The summed E-state index contributed by atoms with van der Waals surface area (Å²) in [6.45, 7) is 4.13. The molecule has 1 atom stereocenters. The molecule has 4 heteroatoms. The summed E-state index contributed by atoms with van der Waals surface area (Å²) in [4.78, 5) is 13.7. The zero-order valence-electron chi connectivity index (χ0n) is 11.1. The fraction of sp³-hybridized carbons (Fsp3) is 0.429. The number of nitriles is 1. The van der Waals surface area contributed by atoms with E-state index in [1.165, 1.54) is 0 Å². The van der Waals surface area contributed by atoms with E-state index in [2.05, 4.69) is 6.07 Å². The van der Waals surface area contributed by atoms with E-state index in [-0.39, 0.29) is 5.91 Å². The lowest BCUT2D eigenvalue weighted by atomic mass is 9.98. The fourth-order valence-corrected chi connectivity index (χ4v) is 1.62. The van der Waals surface area contributed by atoms with Gasteiger partial charge in [0.15, 0.2) is 0 Å². The first-order valence-corrected chi connectivity index (χ1v) is 5.94. The maximum Gasteiger partial charge on any atom is 0.242 e. The molecule has 1 aromatic carbocycles. The third kappa shape index (κ3) is 3.31. The molecule has 2 N–H and O–H groups in total. The minimum atomic E-state index is -0.818. The molecule has 0 heterocycles. The van der Waals surface area contributed by atoms with Gasteiger partial charge in [-0.1, -0.05) is 19.1 Å². The molecule has 96 valence electrons. The number of amides is 1. The number of nitrogens with zero attached hydrogens (tertiary/aromatic N) is 2. The first kappa shape index (κ1) is 14.2. The smallest absolute Gasteiger partial charge is 0.242 e. The van der Waals surface area contributed by atoms with Crippen molar-refractivity contribution in [2.45, 2.75) is 32.4 Å². The fourth-order valence-electron chi connectivity index (χ4n) is 1.62. The zero-order chi connectivity index (χ0) is 13.8. The second-order valence-corrected chi connectivity index (χ2v) is 4.74. The third-order valence-electron chi connectivity index (χ3n) is 3.07. The summed E-state index contributed by atoms with van der Waals surface area (Å²) in [6.07, 6.45) is 0.601. The number of likely N-dealkylation sites (N-methyl/N-ethyl adjacent to an activating group) is 1. The van der Waals surface area contributed by atoms with Crippen LogP contribution in [-0.2, 0) is 11.3 Å². The van der Waals surface area contributed by atoms with Gasteiger partial charge in [-0.3, -0.25) is 4.79 Å². The van der Waals surface area contributed by atoms with Crippen LogP contribution in [0.15, 0.2) is 24.3 Å². The number of carbonyl (C=O) groups excluding carboxylic acids is 1. The van der Waals surface area contributed by atoms with Gasteiger partial charge >= 0.3 is 0 Å². The molecule has 0 fully saturated rings. The zero-order valence-corrected chi connectivity index (χ0v) is 11.1. The van der Waals surface area contributed by atoms with Gasteiger partial charge in [0.25, 0.3) is 0 Å². The van der Waals surface area contributed by atoms with Gasteiger partial charge in [-0.15, -0.1) is 0 Å². The highest BCUT2D eigenvalue weighted by molar-refractivity contribution is 5.85. The van der Waals surface area contributed by atoms with E-state index >= 15 is 0 Å². The lowest BCUT2D eigenvalue weighted by Crippen LogP contribution is -2.51. The normalized spacial score (nSPS) is 13.5. The Morgan fingerprint density at radius 1 is 1.44 bits per heavy atom. The highest BCUT2D eigenvalue weighted by Crippen LogP contribution is 2.12. The van der Waals surface area contributed by atoms with Crippen LogP contribution in [-0.4, -0.2) is 23.4 Å². The molecule has 1 unspecified atom stereocenters. The molecule has 0 aliphatic carbocycles. The van der Waals surface area contributed by atoms with Crippen molar-refractivity contribution in [3.05, 3.63) is 35.4 Å². The largest absolute Gasteiger partial charge is 0.340 e. The molecule has 0 radical (unpaired) electrons. The van der Waals surface area contributed by atoms with Crippen LogP contribution in [0.3, 0.4) is 0 Å². The quantitative estimate of drug-likeness (QED) is 0.876. The van der Waals surface area contributed by atoms with Crippen LogP contribution in [0.2, 0.25) is 0 Å². The average molecular weight is 245 g/mol. The molecule has 1 aromatic rings. The highest BCUT2D eigenvalue weighted by Gasteiger charge is 2.28. The Morgan fingerprint density at radius 2 is 2.00 bits per heavy atom. The molecule has 4 nitrogen and oxygen atoms in total. The van der Waals surface area contributed by atoms with E-state index in [4.69, 9.17) is 11.0 Å². The Balaban J connectivity index is 2.73. The molecule has 0 aliphatic rings. The van der Waals surface area contributed by atoms with Gasteiger partial charge in [0.2, 0.25) is 5.91 Å². The molecule has 0 bridgehead atoms. The van der Waals surface area contributed by atoms with Crippen LogP contribution in [0.5, 0.6) is 0 Å². The standard InChI is InChI=1S/C14H19N3O/c1-4-14(2,16)13(18)17(3)10-12-7-5-11(9-15)6-8-12/h5-8H,4,10,16H2,1-3H3. The van der Waals surface area contributed by atoms with Crippen LogP contribution in [0.4, 0.5) is 0 Å². The van der Waals surface area contributed by atoms with Crippen LogP contribution in [0, 0.1) is 11.3 Å². The molecule has 0 saturated carbocycles. The monoisotopic (exact) mass is 245 g/mol. The molecule has 0 spiro atoms. The number of rotatable bonds is 4. The Hall–Kier alpha value is -1.86. The van der Waals surface area contributed by atoms with E-state index in [1.54, 1.807) is 31.0 Å². The Bertz CT molecular complexity index is 457. The Kier molecular flexibility index (Phi) is 4.46. The topological polar surface area (TPSA) is 70.1 Å². The lowest BCUT2D eigenvalue weighted by molar-refractivity contribution is -0.135. The van der Waals surface area contributed by atoms with Gasteiger partial charge in [0.1, 0.15) is 0 Å². The molecule has 1 rings (SSSR count). The molecule has 0 aliphatic heterocycles. The van der Waals surface area contributed by atoms with E-state index < -0.39 is 5.54 Å². The summed E-state index contributed by atoms with van der Waals surface area (Å²) >= 11 is 0. The van der Waals surface area contributed by atoms with Crippen molar-refractivity contribution in [2.75, 3.05) is 7.05 Å². The van der Waals surface area contributed by atoms with Crippen molar-refractivity contribution >= 4 is 5.91 Å². The summed E-state index contributed by atoms with van der Waals surface area (Å²) in [6, 6.07) is 9.25. The number of carbonyl (C=O) groups is 1. The Morgan fingerprint density at radius 3 is 2.44 bits per heavy atom. The van der Waals surface area contributed by atoms with Gasteiger partial charge in [0, 0.05) is 13.6 Å². The molecular weight excluding hydrogens is 226 g/mol. The highest BCUT2D eigenvalue weighted by atomic mass is 16.2. The van der Waals surface area contributed by atoms with Crippen molar-refractivity contribution < 1.29 is 4.79 Å². The van der Waals surface area contributed by atoms with Crippen molar-refractivity contribution in [1.82, 2.24) is 4.90 Å². The summed E-state index contributed by atoms with van der Waals surface area (Å²) in [5.74, 6) is -0.0747. The maximum atomic E-state index is 12.1. The van der Waals surface area contributed by atoms with Crippen molar-refractivity contribution in [3.8, 4) is 6.07 Å². The summed E-state index contributed by atoms with van der Waals surface area (Å²) < 4.78 is 0. The van der Waals surface area contributed by atoms with E-state index in [0.717, 1.165) is 5.56 Å². The van der Waals surface area contributed by atoms with Gasteiger partial charge in [-0.2, -0.15) is 5.26 Å². The van der Waals surface area contributed by atoms with Crippen LogP contribution in [0.25, 0.3) is 0 Å². The van der Waals surface area contributed by atoms with Crippen LogP contribution >= 0.6 is 0 Å². The van der Waals surface area contributed by atoms with Gasteiger partial charge in [-0.05, 0) is 31.0 Å².